The Bertz CT molecular complexity index is 319. The predicted molar refractivity (Wildman–Crippen MR) is 115 cm³/mol. The third-order valence-corrected chi connectivity index (χ3v) is 5.60. The van der Waals surface area contributed by atoms with E-state index in [2.05, 4.69) is 29.3 Å². The first-order valence-electron chi connectivity index (χ1n) is 11.6. The van der Waals surface area contributed by atoms with Crippen LogP contribution in [0.1, 0.15) is 103 Å². The van der Waals surface area contributed by atoms with Crippen LogP contribution in [0.4, 0.5) is 0 Å². The van der Waals surface area contributed by atoms with Crippen molar-refractivity contribution in [3.05, 3.63) is 12.2 Å². The van der Waals surface area contributed by atoms with Crippen molar-refractivity contribution in [2.75, 3.05) is 26.2 Å². The molecule has 2 N–H and O–H groups in total. The summed E-state index contributed by atoms with van der Waals surface area (Å²) in [6.07, 6.45) is 25.7. The quantitative estimate of drug-likeness (QED) is 0.243. The fourth-order valence-corrected chi connectivity index (χ4v) is 3.93. The molecule has 0 aromatic heterocycles. The van der Waals surface area contributed by atoms with E-state index in [4.69, 9.17) is 5.11 Å². The van der Waals surface area contributed by atoms with Gasteiger partial charge in [0, 0.05) is 19.6 Å². The molecule has 1 aliphatic rings. The van der Waals surface area contributed by atoms with E-state index in [0.717, 1.165) is 19.6 Å². The Morgan fingerprint density at radius 3 is 2.04 bits per heavy atom. The molecule has 0 aliphatic carbocycles. The van der Waals surface area contributed by atoms with Crippen LogP contribution in [0, 0.1) is 0 Å². The summed E-state index contributed by atoms with van der Waals surface area (Å²) in [5.74, 6) is 0. The summed E-state index contributed by atoms with van der Waals surface area (Å²) in [4.78, 5) is 2.39. The van der Waals surface area contributed by atoms with Crippen molar-refractivity contribution in [1.82, 2.24) is 10.2 Å². The zero-order valence-corrected chi connectivity index (χ0v) is 17.6. The Hall–Kier alpha value is -0.380. The molecule has 1 unspecified atom stereocenters. The molecule has 3 heteroatoms. The lowest BCUT2D eigenvalue weighted by Crippen LogP contribution is -2.37. The summed E-state index contributed by atoms with van der Waals surface area (Å²) in [5, 5.41) is 12.6. The third kappa shape index (κ3) is 12.9. The summed E-state index contributed by atoms with van der Waals surface area (Å²) in [6.45, 7) is 5.56. The van der Waals surface area contributed by atoms with Gasteiger partial charge < -0.3 is 10.4 Å². The first-order chi connectivity index (χ1) is 12.9. The lowest BCUT2D eigenvalue weighted by molar-refractivity contribution is 0.171. The number of hydrogen-bond acceptors (Lipinski definition) is 3. The number of allylic oxidation sites excluding steroid dienone is 2. The van der Waals surface area contributed by atoms with Gasteiger partial charge in [0.1, 0.15) is 0 Å². The largest absolute Gasteiger partial charge is 0.395 e. The van der Waals surface area contributed by atoms with Crippen LogP contribution < -0.4 is 5.32 Å². The maximum Gasteiger partial charge on any atom is 0.0598 e. The molecule has 1 atom stereocenters. The van der Waals surface area contributed by atoms with E-state index in [9.17, 15) is 0 Å². The highest BCUT2D eigenvalue weighted by Crippen LogP contribution is 2.14. The van der Waals surface area contributed by atoms with Crippen LogP contribution >= 0.6 is 0 Å². The number of rotatable bonds is 18. The lowest BCUT2D eigenvalue weighted by atomic mass is 10.1. The maximum atomic E-state index is 9.08. The van der Waals surface area contributed by atoms with Gasteiger partial charge in [-0.1, -0.05) is 83.3 Å². The Morgan fingerprint density at radius 1 is 0.846 bits per heavy atom. The zero-order valence-electron chi connectivity index (χ0n) is 17.6. The van der Waals surface area contributed by atoms with Gasteiger partial charge in [-0.15, -0.1) is 0 Å². The van der Waals surface area contributed by atoms with Crippen molar-refractivity contribution in [3.8, 4) is 0 Å². The number of aliphatic hydroxyl groups excluding tert-OH is 1. The monoisotopic (exact) mass is 366 g/mol. The Balaban J connectivity index is 1.78. The van der Waals surface area contributed by atoms with Crippen molar-refractivity contribution < 1.29 is 5.11 Å². The summed E-state index contributed by atoms with van der Waals surface area (Å²) < 4.78 is 0. The third-order valence-electron chi connectivity index (χ3n) is 5.60. The highest BCUT2D eigenvalue weighted by Gasteiger charge is 2.22. The molecule has 0 aromatic rings. The molecule has 1 saturated heterocycles. The standard InChI is InChI=1S/C23H46N2O/c1-2-3-4-5-6-7-8-9-10-11-12-13-14-15-16-17-18-23-24-19-20-25(23)21-22-26/h9-10,23-24,26H,2-8,11-22H2,1H3/b10-9-. The topological polar surface area (TPSA) is 35.5 Å². The number of unbranched alkanes of at least 4 members (excludes halogenated alkanes) is 12. The van der Waals surface area contributed by atoms with E-state index in [1.807, 2.05) is 0 Å². The average Bonchev–Trinajstić information content (AvgIpc) is 3.09. The van der Waals surface area contributed by atoms with Crippen molar-refractivity contribution in [2.45, 2.75) is 109 Å². The first kappa shape index (κ1) is 23.7. The molecule has 1 rings (SSSR count). The molecule has 0 spiro atoms. The minimum atomic E-state index is 0.283. The number of β-amino-alcohol motifs (C(OH)–C–C–N with tert-alkyl or cyclic N) is 1. The maximum absolute atomic E-state index is 9.08. The van der Waals surface area contributed by atoms with E-state index < -0.39 is 0 Å². The highest BCUT2D eigenvalue weighted by molar-refractivity contribution is 4.81. The van der Waals surface area contributed by atoms with Gasteiger partial charge in [-0.25, -0.2) is 0 Å². The molecule has 0 amide bonds. The summed E-state index contributed by atoms with van der Waals surface area (Å²) in [7, 11) is 0. The van der Waals surface area contributed by atoms with E-state index in [1.165, 1.54) is 96.3 Å². The molecular weight excluding hydrogens is 320 g/mol. The molecular formula is C23H46N2O. The van der Waals surface area contributed by atoms with Gasteiger partial charge in [-0.3, -0.25) is 4.90 Å². The van der Waals surface area contributed by atoms with Gasteiger partial charge in [-0.05, 0) is 32.1 Å². The summed E-state index contributed by atoms with van der Waals surface area (Å²) in [6, 6.07) is 0. The van der Waals surface area contributed by atoms with Crippen LogP contribution in [0.2, 0.25) is 0 Å². The predicted octanol–water partition coefficient (Wildman–Crippen LogP) is 5.64. The molecule has 1 aliphatic heterocycles. The second kappa shape index (κ2) is 18.0. The molecule has 26 heavy (non-hydrogen) atoms. The first-order valence-corrected chi connectivity index (χ1v) is 11.6. The zero-order chi connectivity index (χ0) is 18.7. The van der Waals surface area contributed by atoms with Gasteiger partial charge in [0.15, 0.2) is 0 Å². The normalized spacial score (nSPS) is 18.3. The minimum absolute atomic E-state index is 0.283. The molecule has 0 aromatic carbocycles. The SMILES string of the molecule is CCCCCCCC/C=C\CCCCCCCCC1NCCN1CCO. The van der Waals surface area contributed by atoms with E-state index >= 15 is 0 Å². The Kier molecular flexibility index (Phi) is 16.4. The Morgan fingerprint density at radius 2 is 1.42 bits per heavy atom. The van der Waals surface area contributed by atoms with Crippen LogP contribution in [-0.4, -0.2) is 42.4 Å². The van der Waals surface area contributed by atoms with Gasteiger partial charge in [0.25, 0.3) is 0 Å². The van der Waals surface area contributed by atoms with Crippen LogP contribution in [0.3, 0.4) is 0 Å². The van der Waals surface area contributed by atoms with Gasteiger partial charge in [0.2, 0.25) is 0 Å². The fourth-order valence-electron chi connectivity index (χ4n) is 3.93. The Labute approximate surface area is 163 Å². The minimum Gasteiger partial charge on any atom is -0.395 e. The number of hydrogen-bond donors (Lipinski definition) is 2. The number of nitrogens with one attached hydrogen (secondary N) is 1. The summed E-state index contributed by atoms with van der Waals surface area (Å²) >= 11 is 0. The molecule has 0 bridgehead atoms. The molecule has 1 fully saturated rings. The van der Waals surface area contributed by atoms with Crippen molar-refractivity contribution in [2.24, 2.45) is 0 Å². The smallest absolute Gasteiger partial charge is 0.0598 e. The van der Waals surface area contributed by atoms with Gasteiger partial charge >= 0.3 is 0 Å². The van der Waals surface area contributed by atoms with Crippen molar-refractivity contribution in [1.29, 1.82) is 0 Å². The van der Waals surface area contributed by atoms with E-state index in [1.54, 1.807) is 0 Å². The van der Waals surface area contributed by atoms with Gasteiger partial charge in [-0.2, -0.15) is 0 Å². The highest BCUT2D eigenvalue weighted by atomic mass is 16.3. The lowest BCUT2D eigenvalue weighted by Gasteiger charge is -2.22. The second-order valence-electron chi connectivity index (χ2n) is 7.96. The number of aliphatic hydroxyl groups is 1. The van der Waals surface area contributed by atoms with Crippen molar-refractivity contribution >= 4 is 0 Å². The van der Waals surface area contributed by atoms with Crippen LogP contribution in [-0.2, 0) is 0 Å². The fraction of sp³-hybridized carbons (Fsp3) is 0.913. The van der Waals surface area contributed by atoms with Crippen LogP contribution in [0.15, 0.2) is 12.2 Å². The van der Waals surface area contributed by atoms with Crippen molar-refractivity contribution in [3.63, 3.8) is 0 Å². The van der Waals surface area contributed by atoms with Gasteiger partial charge in [0.05, 0.1) is 12.8 Å². The molecule has 154 valence electrons. The van der Waals surface area contributed by atoms with Crippen LogP contribution in [0.25, 0.3) is 0 Å². The van der Waals surface area contributed by atoms with Crippen LogP contribution in [0.5, 0.6) is 0 Å². The van der Waals surface area contributed by atoms with E-state index in [-0.39, 0.29) is 6.61 Å². The second-order valence-corrected chi connectivity index (χ2v) is 7.96. The van der Waals surface area contributed by atoms with E-state index in [0.29, 0.717) is 6.17 Å². The summed E-state index contributed by atoms with van der Waals surface area (Å²) in [5.41, 5.74) is 0. The molecule has 0 radical (unpaired) electrons. The molecule has 3 nitrogen and oxygen atoms in total. The molecule has 1 heterocycles. The number of nitrogens with zero attached hydrogens (tertiary/aromatic N) is 1. The molecule has 0 saturated carbocycles. The average molecular weight is 367 g/mol.